The normalized spacial score (nSPS) is 25.3. The van der Waals surface area contributed by atoms with E-state index in [1.54, 1.807) is 0 Å². The fourth-order valence-electron chi connectivity index (χ4n) is 1.07. The van der Waals surface area contributed by atoms with E-state index in [1.807, 2.05) is 11.9 Å². The number of hydrogen-bond acceptors (Lipinski definition) is 4. The van der Waals surface area contributed by atoms with Gasteiger partial charge in [-0.15, -0.1) is 12.4 Å². The van der Waals surface area contributed by atoms with Gasteiger partial charge >= 0.3 is 0 Å². The van der Waals surface area contributed by atoms with Crippen molar-refractivity contribution in [3.05, 3.63) is 0 Å². The number of piperazine rings is 1. The molecule has 2 N–H and O–H groups in total. The van der Waals surface area contributed by atoms with E-state index in [-0.39, 0.29) is 18.6 Å². The molecule has 1 unspecified atom stereocenters. The van der Waals surface area contributed by atoms with Gasteiger partial charge in [0.05, 0.1) is 6.17 Å². The van der Waals surface area contributed by atoms with Gasteiger partial charge in [-0.3, -0.25) is 4.90 Å². The van der Waals surface area contributed by atoms with Gasteiger partial charge in [-0.1, -0.05) is 0 Å². The second kappa shape index (κ2) is 5.71. The quantitative estimate of drug-likeness (QED) is 0.485. The maximum Gasteiger partial charge on any atom is 0.202 e. The van der Waals surface area contributed by atoms with E-state index in [1.165, 1.54) is 0 Å². The summed E-state index contributed by atoms with van der Waals surface area (Å²) in [6.45, 7) is 2.48. The van der Waals surface area contributed by atoms with E-state index in [0.29, 0.717) is 6.54 Å². The largest absolute Gasteiger partial charge is 0.313 e. The molecule has 5 nitrogen and oxygen atoms in total. The van der Waals surface area contributed by atoms with Crippen molar-refractivity contribution in [3.63, 3.8) is 0 Å². The van der Waals surface area contributed by atoms with Crippen molar-refractivity contribution in [2.45, 2.75) is 6.17 Å². The van der Waals surface area contributed by atoms with Crippen molar-refractivity contribution in [1.29, 1.82) is 0 Å². The van der Waals surface area contributed by atoms with Crippen LogP contribution in [0.15, 0.2) is 0 Å². The van der Waals surface area contributed by atoms with Crippen LogP contribution in [0.25, 0.3) is 0 Å². The Kier molecular flexibility index (Phi) is 5.77. The molecule has 0 spiro atoms. The van der Waals surface area contributed by atoms with Crippen LogP contribution in [0.2, 0.25) is 0 Å². The molecular formula is C5H14ClN3O2S. The van der Waals surface area contributed by atoms with Gasteiger partial charge in [0.2, 0.25) is 10.9 Å². The number of nitrogens with one attached hydrogen (secondary N) is 2. The highest BCUT2D eigenvalue weighted by Gasteiger charge is 2.17. The zero-order chi connectivity index (χ0) is 8.27. The average Bonchev–Trinajstić information content (AvgIpc) is 1.93. The van der Waals surface area contributed by atoms with Gasteiger partial charge < -0.3 is 5.32 Å². The molecule has 0 radical (unpaired) electrons. The summed E-state index contributed by atoms with van der Waals surface area (Å²) in [5.74, 6) is 0. The lowest BCUT2D eigenvalue weighted by Crippen LogP contribution is -2.55. The molecule has 1 rings (SSSR count). The lowest BCUT2D eigenvalue weighted by molar-refractivity contribution is 0.191. The SMILES string of the molecule is CN1CCNCC1N[SH](=O)=O.Cl. The van der Waals surface area contributed by atoms with Crippen molar-refractivity contribution < 1.29 is 8.42 Å². The lowest BCUT2D eigenvalue weighted by Gasteiger charge is -2.31. The highest BCUT2D eigenvalue weighted by molar-refractivity contribution is 7.70. The molecular weight excluding hydrogens is 202 g/mol. The minimum Gasteiger partial charge on any atom is -0.313 e. The Balaban J connectivity index is 0.00000121. The van der Waals surface area contributed by atoms with Gasteiger partial charge in [0, 0.05) is 19.6 Å². The topological polar surface area (TPSA) is 61.4 Å². The fourth-order valence-corrected chi connectivity index (χ4v) is 1.60. The van der Waals surface area contributed by atoms with E-state index in [9.17, 15) is 8.42 Å². The van der Waals surface area contributed by atoms with Crippen LogP contribution in [-0.4, -0.2) is 46.2 Å². The summed E-state index contributed by atoms with van der Waals surface area (Å²) in [5, 5.41) is 3.10. The predicted octanol–water partition coefficient (Wildman–Crippen LogP) is -1.61. The zero-order valence-corrected chi connectivity index (χ0v) is 8.53. The first-order chi connectivity index (χ1) is 5.20. The molecule has 0 saturated carbocycles. The molecule has 1 aliphatic heterocycles. The Labute approximate surface area is 80.0 Å². The van der Waals surface area contributed by atoms with Gasteiger partial charge in [0.25, 0.3) is 0 Å². The molecule has 1 aliphatic rings. The van der Waals surface area contributed by atoms with Crippen LogP contribution < -0.4 is 10.0 Å². The van der Waals surface area contributed by atoms with Crippen LogP contribution in [0.5, 0.6) is 0 Å². The number of halogens is 1. The summed E-state index contributed by atoms with van der Waals surface area (Å²) in [6.07, 6.45) is -0.0788. The molecule has 1 heterocycles. The summed E-state index contributed by atoms with van der Waals surface area (Å²) in [5.41, 5.74) is 0. The Bertz CT molecular complexity index is 191. The van der Waals surface area contributed by atoms with Gasteiger partial charge in [0.15, 0.2) is 0 Å². The minimum atomic E-state index is -2.48. The molecule has 0 aromatic rings. The molecule has 12 heavy (non-hydrogen) atoms. The van der Waals surface area contributed by atoms with Gasteiger partial charge in [-0.2, -0.15) is 4.72 Å². The molecule has 1 atom stereocenters. The van der Waals surface area contributed by atoms with Crippen molar-refractivity contribution in [2.75, 3.05) is 26.7 Å². The highest BCUT2D eigenvalue weighted by Crippen LogP contribution is 1.94. The lowest BCUT2D eigenvalue weighted by atomic mass is 10.3. The minimum absolute atomic E-state index is 0. The van der Waals surface area contributed by atoms with Crippen LogP contribution in [0, 0.1) is 0 Å². The fraction of sp³-hybridized carbons (Fsp3) is 1.00. The molecule has 1 saturated heterocycles. The first kappa shape index (κ1) is 12.1. The molecule has 0 aromatic heterocycles. The van der Waals surface area contributed by atoms with Gasteiger partial charge in [0.1, 0.15) is 0 Å². The summed E-state index contributed by atoms with van der Waals surface area (Å²) in [6, 6.07) is 0. The van der Waals surface area contributed by atoms with Crippen LogP contribution in [0.3, 0.4) is 0 Å². The Morgan fingerprint density at radius 1 is 1.58 bits per heavy atom. The van der Waals surface area contributed by atoms with Gasteiger partial charge in [-0.05, 0) is 7.05 Å². The average molecular weight is 216 g/mol. The maximum absolute atomic E-state index is 10.3. The first-order valence-corrected chi connectivity index (χ1v) is 4.69. The third kappa shape index (κ3) is 3.68. The zero-order valence-electron chi connectivity index (χ0n) is 6.82. The molecule has 0 aromatic carbocycles. The number of rotatable bonds is 2. The van der Waals surface area contributed by atoms with E-state index in [4.69, 9.17) is 0 Å². The predicted molar refractivity (Wildman–Crippen MR) is 50.0 cm³/mol. The Morgan fingerprint density at radius 3 is 2.75 bits per heavy atom. The Hall–Kier alpha value is 0.120. The standard InChI is InChI=1S/C5H13N3O2S.ClH/c1-8-3-2-6-4-5(8)7-11(9)10;/h5-6,11H,2-4H2,1H3,(H,7,9,10);1H. The second-order valence-electron chi connectivity index (χ2n) is 2.59. The number of likely N-dealkylation sites (N-methyl/N-ethyl adjacent to an activating group) is 1. The van der Waals surface area contributed by atoms with Crippen molar-refractivity contribution in [1.82, 2.24) is 14.9 Å². The summed E-state index contributed by atoms with van der Waals surface area (Å²) in [4.78, 5) is 1.97. The molecule has 0 bridgehead atoms. The van der Waals surface area contributed by atoms with Crippen LogP contribution in [0.4, 0.5) is 0 Å². The molecule has 0 aliphatic carbocycles. The summed E-state index contributed by atoms with van der Waals surface area (Å²) >= 11 is 0. The molecule has 7 heteroatoms. The van der Waals surface area contributed by atoms with E-state index < -0.39 is 10.9 Å². The first-order valence-electron chi connectivity index (χ1n) is 3.51. The second-order valence-corrected chi connectivity index (χ2v) is 3.36. The summed E-state index contributed by atoms with van der Waals surface area (Å²) in [7, 11) is -0.581. The molecule has 0 amide bonds. The highest BCUT2D eigenvalue weighted by atomic mass is 35.5. The van der Waals surface area contributed by atoms with Crippen LogP contribution >= 0.6 is 12.4 Å². The number of nitrogens with zero attached hydrogens (tertiary/aromatic N) is 1. The van der Waals surface area contributed by atoms with Crippen molar-refractivity contribution in [2.24, 2.45) is 0 Å². The molecule has 74 valence electrons. The number of thiol groups is 1. The third-order valence-corrected chi connectivity index (χ3v) is 2.27. The van der Waals surface area contributed by atoms with Crippen LogP contribution in [0.1, 0.15) is 0 Å². The molecule has 1 fully saturated rings. The van der Waals surface area contributed by atoms with Crippen molar-refractivity contribution >= 4 is 23.3 Å². The summed E-state index contributed by atoms with van der Waals surface area (Å²) < 4.78 is 23.0. The van der Waals surface area contributed by atoms with Gasteiger partial charge in [-0.25, -0.2) is 8.42 Å². The third-order valence-electron chi connectivity index (χ3n) is 1.77. The van der Waals surface area contributed by atoms with E-state index in [2.05, 4.69) is 10.0 Å². The van der Waals surface area contributed by atoms with Crippen LogP contribution in [-0.2, 0) is 10.9 Å². The number of hydrogen-bond donors (Lipinski definition) is 3. The van der Waals surface area contributed by atoms with E-state index in [0.717, 1.165) is 13.1 Å². The maximum atomic E-state index is 10.3. The smallest absolute Gasteiger partial charge is 0.202 e. The van der Waals surface area contributed by atoms with Crippen molar-refractivity contribution in [3.8, 4) is 0 Å². The monoisotopic (exact) mass is 215 g/mol. The van der Waals surface area contributed by atoms with E-state index >= 15 is 0 Å². The Morgan fingerprint density at radius 2 is 2.25 bits per heavy atom.